The molecule has 1 nitrogen and oxygen atoms in total. The summed E-state index contributed by atoms with van der Waals surface area (Å²) >= 11 is 1.58. The maximum absolute atomic E-state index is 12.2. The number of Topliss-reactive ketones (excluding diaryl/α,β-unsaturated/α-hetero) is 1. The van der Waals surface area contributed by atoms with Crippen LogP contribution in [0.3, 0.4) is 0 Å². The van der Waals surface area contributed by atoms with Crippen molar-refractivity contribution in [1.29, 1.82) is 0 Å². The summed E-state index contributed by atoms with van der Waals surface area (Å²) in [4.78, 5) is 13.3. The minimum Gasteiger partial charge on any atom is -0.293 e. The molecule has 0 spiro atoms. The first-order chi connectivity index (χ1) is 9.47. The van der Waals surface area contributed by atoms with Crippen molar-refractivity contribution in [3.63, 3.8) is 0 Å². The fourth-order valence-corrected chi connectivity index (χ4v) is 2.72. The third kappa shape index (κ3) is 3.97. The van der Waals surface area contributed by atoms with Gasteiger partial charge in [-0.25, -0.2) is 0 Å². The number of hydrogen-bond donors (Lipinski definition) is 0. The van der Waals surface area contributed by atoms with Gasteiger partial charge in [-0.1, -0.05) is 63.2 Å². The molecule has 0 unspecified atom stereocenters. The van der Waals surface area contributed by atoms with Crippen LogP contribution in [0.5, 0.6) is 0 Å². The summed E-state index contributed by atoms with van der Waals surface area (Å²) in [6, 6.07) is 18.0. The molecule has 20 heavy (non-hydrogen) atoms. The van der Waals surface area contributed by atoms with E-state index in [9.17, 15) is 4.79 Å². The highest BCUT2D eigenvalue weighted by molar-refractivity contribution is 8.00. The minimum atomic E-state index is 0.125. The van der Waals surface area contributed by atoms with Crippen LogP contribution < -0.4 is 0 Å². The molecule has 0 heterocycles. The van der Waals surface area contributed by atoms with Crippen molar-refractivity contribution < 1.29 is 4.79 Å². The first kappa shape index (κ1) is 14.9. The number of carbonyl (C=O) groups excluding carboxylic acids is 1. The molecule has 0 aliphatic rings. The Morgan fingerprint density at radius 1 is 0.950 bits per heavy atom. The number of thioether (sulfide) groups is 1. The van der Waals surface area contributed by atoms with Gasteiger partial charge in [0.15, 0.2) is 5.78 Å². The molecule has 0 atom stereocenters. The van der Waals surface area contributed by atoms with Crippen molar-refractivity contribution in [3.05, 3.63) is 65.7 Å². The summed E-state index contributed by atoms with van der Waals surface area (Å²) < 4.78 is 0. The van der Waals surface area contributed by atoms with Crippen LogP contribution in [0.4, 0.5) is 0 Å². The number of ketones is 1. The Labute approximate surface area is 125 Å². The zero-order valence-corrected chi connectivity index (χ0v) is 13.0. The molecule has 104 valence electrons. The molecule has 2 rings (SSSR count). The number of carbonyl (C=O) groups is 1. The van der Waals surface area contributed by atoms with Gasteiger partial charge in [0.1, 0.15) is 0 Å². The standard InChI is InChI=1S/C18H20OS/c1-18(2,3)15-11-9-14(10-12-15)17(19)13-20-16-7-5-4-6-8-16/h4-12H,13H2,1-3H3. The molecule has 0 fully saturated rings. The Morgan fingerprint density at radius 3 is 2.10 bits per heavy atom. The van der Waals surface area contributed by atoms with E-state index >= 15 is 0 Å². The van der Waals surface area contributed by atoms with Gasteiger partial charge in [-0.15, -0.1) is 11.8 Å². The second kappa shape index (κ2) is 6.27. The smallest absolute Gasteiger partial charge is 0.173 e. The summed E-state index contributed by atoms with van der Waals surface area (Å²) in [5, 5.41) is 0. The number of benzene rings is 2. The van der Waals surface area contributed by atoms with E-state index in [0.29, 0.717) is 5.75 Å². The van der Waals surface area contributed by atoms with Crippen LogP contribution >= 0.6 is 11.8 Å². The van der Waals surface area contributed by atoms with Gasteiger partial charge in [0.05, 0.1) is 5.75 Å². The third-order valence-electron chi connectivity index (χ3n) is 3.19. The lowest BCUT2D eigenvalue weighted by Gasteiger charge is -2.18. The number of hydrogen-bond acceptors (Lipinski definition) is 2. The zero-order chi connectivity index (χ0) is 14.6. The Morgan fingerprint density at radius 2 is 1.55 bits per heavy atom. The van der Waals surface area contributed by atoms with Crippen LogP contribution in [-0.4, -0.2) is 11.5 Å². The fraction of sp³-hybridized carbons (Fsp3) is 0.278. The summed E-state index contributed by atoms with van der Waals surface area (Å²) in [6.07, 6.45) is 0. The SMILES string of the molecule is CC(C)(C)c1ccc(C(=O)CSc2ccccc2)cc1. The Kier molecular flexibility index (Phi) is 4.66. The summed E-state index contributed by atoms with van der Waals surface area (Å²) in [7, 11) is 0. The van der Waals surface area contributed by atoms with Gasteiger partial charge >= 0.3 is 0 Å². The lowest BCUT2D eigenvalue weighted by Crippen LogP contribution is -2.11. The van der Waals surface area contributed by atoms with Crippen LogP contribution in [0.2, 0.25) is 0 Å². The van der Waals surface area contributed by atoms with Crippen LogP contribution in [-0.2, 0) is 5.41 Å². The van der Waals surface area contributed by atoms with Crippen LogP contribution in [0.1, 0.15) is 36.7 Å². The molecular weight excluding hydrogens is 264 g/mol. The molecule has 2 aromatic rings. The predicted octanol–water partition coefficient (Wildman–Crippen LogP) is 4.96. The van der Waals surface area contributed by atoms with Gasteiger partial charge in [-0.2, -0.15) is 0 Å². The number of rotatable bonds is 4. The maximum Gasteiger partial charge on any atom is 0.173 e. The van der Waals surface area contributed by atoms with Crippen molar-refractivity contribution in [2.75, 3.05) is 5.75 Å². The third-order valence-corrected chi connectivity index (χ3v) is 4.20. The molecule has 0 aliphatic carbocycles. The average molecular weight is 284 g/mol. The fourth-order valence-electron chi connectivity index (χ4n) is 1.91. The molecule has 2 aromatic carbocycles. The summed E-state index contributed by atoms with van der Waals surface area (Å²) in [5.41, 5.74) is 2.17. The van der Waals surface area contributed by atoms with E-state index in [0.717, 1.165) is 10.5 Å². The van der Waals surface area contributed by atoms with E-state index in [1.165, 1.54) is 5.56 Å². The quantitative estimate of drug-likeness (QED) is 0.583. The van der Waals surface area contributed by atoms with Gasteiger partial charge in [0, 0.05) is 10.5 Å². The van der Waals surface area contributed by atoms with Gasteiger partial charge in [-0.3, -0.25) is 4.79 Å². The van der Waals surface area contributed by atoms with Gasteiger partial charge < -0.3 is 0 Å². The highest BCUT2D eigenvalue weighted by Gasteiger charge is 2.14. The van der Waals surface area contributed by atoms with Gasteiger partial charge in [0.25, 0.3) is 0 Å². The molecule has 0 aromatic heterocycles. The van der Waals surface area contributed by atoms with Crippen LogP contribution in [0.25, 0.3) is 0 Å². The molecule has 0 saturated heterocycles. The minimum absolute atomic E-state index is 0.125. The lowest BCUT2D eigenvalue weighted by molar-refractivity contribution is 0.102. The molecule has 0 radical (unpaired) electrons. The monoisotopic (exact) mass is 284 g/mol. The average Bonchev–Trinajstić information content (AvgIpc) is 2.45. The van der Waals surface area contributed by atoms with Gasteiger partial charge in [0.2, 0.25) is 0 Å². The second-order valence-electron chi connectivity index (χ2n) is 5.85. The van der Waals surface area contributed by atoms with E-state index in [4.69, 9.17) is 0 Å². The van der Waals surface area contributed by atoms with Crippen molar-refractivity contribution in [2.45, 2.75) is 31.1 Å². The molecular formula is C18H20OS. The largest absolute Gasteiger partial charge is 0.293 e. The molecule has 0 N–H and O–H groups in total. The van der Waals surface area contributed by atoms with Crippen molar-refractivity contribution in [3.8, 4) is 0 Å². The van der Waals surface area contributed by atoms with Gasteiger partial charge in [-0.05, 0) is 23.1 Å². The molecule has 0 saturated carbocycles. The zero-order valence-electron chi connectivity index (χ0n) is 12.2. The highest BCUT2D eigenvalue weighted by Crippen LogP contribution is 2.23. The highest BCUT2D eigenvalue weighted by atomic mass is 32.2. The van der Waals surface area contributed by atoms with Crippen molar-refractivity contribution in [2.24, 2.45) is 0 Å². The summed E-state index contributed by atoms with van der Waals surface area (Å²) in [5.74, 6) is 0.665. The predicted molar refractivity (Wildman–Crippen MR) is 86.6 cm³/mol. The maximum atomic E-state index is 12.2. The van der Waals surface area contributed by atoms with Crippen molar-refractivity contribution in [1.82, 2.24) is 0 Å². The Balaban J connectivity index is 1.99. The molecule has 0 amide bonds. The Hall–Kier alpha value is -1.54. The van der Waals surface area contributed by atoms with E-state index in [2.05, 4.69) is 32.9 Å². The lowest BCUT2D eigenvalue weighted by atomic mass is 9.86. The first-order valence-electron chi connectivity index (χ1n) is 6.78. The van der Waals surface area contributed by atoms with Crippen LogP contribution in [0.15, 0.2) is 59.5 Å². The second-order valence-corrected chi connectivity index (χ2v) is 6.90. The van der Waals surface area contributed by atoms with Crippen molar-refractivity contribution >= 4 is 17.5 Å². The van der Waals surface area contributed by atoms with E-state index < -0.39 is 0 Å². The van der Waals surface area contributed by atoms with E-state index in [1.807, 2.05) is 42.5 Å². The molecule has 0 aliphatic heterocycles. The first-order valence-corrected chi connectivity index (χ1v) is 7.77. The van der Waals surface area contributed by atoms with E-state index in [1.54, 1.807) is 11.8 Å². The normalized spacial score (nSPS) is 11.3. The summed E-state index contributed by atoms with van der Waals surface area (Å²) in [6.45, 7) is 6.53. The molecule has 0 bridgehead atoms. The Bertz CT molecular complexity index is 565. The topological polar surface area (TPSA) is 17.1 Å². The van der Waals surface area contributed by atoms with Crippen LogP contribution in [0, 0.1) is 0 Å². The van der Waals surface area contributed by atoms with E-state index in [-0.39, 0.29) is 11.2 Å². The molecule has 2 heteroatoms.